The monoisotopic (exact) mass is 268 g/mol. The van der Waals surface area contributed by atoms with E-state index in [1.54, 1.807) is 0 Å². The molecule has 0 spiro atoms. The average Bonchev–Trinajstić information content (AvgIpc) is 2.43. The maximum absolute atomic E-state index is 9.63. The van der Waals surface area contributed by atoms with Crippen LogP contribution in [0, 0.1) is 0 Å². The molecule has 0 saturated heterocycles. The molecule has 0 N–H and O–H groups in total. The Labute approximate surface area is 117 Å². The number of hydrogen-bond donors (Lipinski definition) is 0. The second-order valence-electron chi connectivity index (χ2n) is 4.42. The standard InChI is InChI=1S/C8H12N2O2.C7H16/c11-7-9-5-3-1-2-4-6-10-8-12;1-3-5-7-6-4-2/h1-6H2;3-7H2,1-2H3. The molecule has 0 radical (unpaired) electrons. The number of isocyanates is 2. The van der Waals surface area contributed by atoms with Gasteiger partial charge in [-0.2, -0.15) is 0 Å². The SMILES string of the molecule is CCCCCCC.O=C=NCCCCCCN=C=O. The Balaban J connectivity index is 0. The fourth-order valence-electron chi connectivity index (χ4n) is 1.50. The fourth-order valence-corrected chi connectivity index (χ4v) is 1.50. The first kappa shape index (κ1) is 20.1. The van der Waals surface area contributed by atoms with Gasteiger partial charge in [0.1, 0.15) is 0 Å². The van der Waals surface area contributed by atoms with E-state index in [2.05, 4.69) is 23.8 Å². The zero-order valence-corrected chi connectivity index (χ0v) is 12.5. The summed E-state index contributed by atoms with van der Waals surface area (Å²) in [4.78, 5) is 26.1. The van der Waals surface area contributed by atoms with Gasteiger partial charge >= 0.3 is 0 Å². The molecule has 0 unspecified atom stereocenters. The highest BCUT2D eigenvalue weighted by molar-refractivity contribution is 5.32. The van der Waals surface area contributed by atoms with Crippen LogP contribution in [-0.4, -0.2) is 25.2 Å². The minimum Gasteiger partial charge on any atom is -0.211 e. The van der Waals surface area contributed by atoms with E-state index in [-0.39, 0.29) is 0 Å². The Bertz CT molecular complexity index is 229. The molecule has 0 aromatic rings. The Morgan fingerprint density at radius 3 is 1.32 bits per heavy atom. The average molecular weight is 268 g/mol. The molecule has 0 atom stereocenters. The van der Waals surface area contributed by atoms with Crippen LogP contribution in [0.3, 0.4) is 0 Å². The van der Waals surface area contributed by atoms with E-state index < -0.39 is 0 Å². The summed E-state index contributed by atoms with van der Waals surface area (Å²) in [5, 5.41) is 0. The summed E-state index contributed by atoms with van der Waals surface area (Å²) in [6.45, 7) is 5.60. The maximum Gasteiger partial charge on any atom is 0.234 e. The number of rotatable bonds is 11. The molecule has 0 saturated carbocycles. The summed E-state index contributed by atoms with van der Waals surface area (Å²) >= 11 is 0. The van der Waals surface area contributed by atoms with Crippen LogP contribution in [0.25, 0.3) is 0 Å². The summed E-state index contributed by atoms with van der Waals surface area (Å²) in [5.74, 6) is 0. The van der Waals surface area contributed by atoms with Crippen molar-refractivity contribution in [3.05, 3.63) is 0 Å². The fraction of sp³-hybridized carbons (Fsp3) is 0.867. The van der Waals surface area contributed by atoms with Gasteiger partial charge in [-0.1, -0.05) is 58.8 Å². The van der Waals surface area contributed by atoms with E-state index in [0.717, 1.165) is 25.7 Å². The predicted octanol–water partition coefficient (Wildman–Crippen LogP) is 4.20. The number of unbranched alkanes of at least 4 members (excludes halogenated alkanes) is 7. The molecule has 0 heterocycles. The molecular weight excluding hydrogens is 240 g/mol. The molecular formula is C15H28N2O2. The zero-order chi connectivity index (χ0) is 14.6. The molecule has 19 heavy (non-hydrogen) atoms. The summed E-state index contributed by atoms with van der Waals surface area (Å²) < 4.78 is 0. The van der Waals surface area contributed by atoms with Crippen LogP contribution in [0.1, 0.15) is 71.6 Å². The second kappa shape index (κ2) is 22.0. The first-order valence-electron chi connectivity index (χ1n) is 7.40. The Hall–Kier alpha value is -1.24. The summed E-state index contributed by atoms with van der Waals surface area (Å²) in [6.07, 6.45) is 13.8. The van der Waals surface area contributed by atoms with E-state index in [1.807, 2.05) is 0 Å². The van der Waals surface area contributed by atoms with E-state index in [0.29, 0.717) is 13.1 Å². The van der Waals surface area contributed by atoms with Crippen molar-refractivity contribution >= 4 is 12.2 Å². The van der Waals surface area contributed by atoms with Crippen LogP contribution in [-0.2, 0) is 9.59 Å². The lowest BCUT2D eigenvalue weighted by Crippen LogP contribution is -1.84. The summed E-state index contributed by atoms with van der Waals surface area (Å²) in [6, 6.07) is 0. The van der Waals surface area contributed by atoms with Gasteiger partial charge in [-0.3, -0.25) is 0 Å². The topological polar surface area (TPSA) is 58.9 Å². The van der Waals surface area contributed by atoms with E-state index >= 15 is 0 Å². The largest absolute Gasteiger partial charge is 0.234 e. The van der Waals surface area contributed by atoms with Gasteiger partial charge in [0.2, 0.25) is 12.2 Å². The highest BCUT2D eigenvalue weighted by atomic mass is 16.1. The molecule has 0 aromatic heterocycles. The molecule has 4 nitrogen and oxygen atoms in total. The minimum absolute atomic E-state index is 0.556. The van der Waals surface area contributed by atoms with Gasteiger partial charge in [0, 0.05) is 0 Å². The quantitative estimate of drug-likeness (QED) is 0.320. The normalized spacial score (nSPS) is 8.74. The smallest absolute Gasteiger partial charge is 0.211 e. The highest BCUT2D eigenvalue weighted by Crippen LogP contribution is 2.00. The minimum atomic E-state index is 0.556. The third-order valence-corrected chi connectivity index (χ3v) is 2.63. The lowest BCUT2D eigenvalue weighted by atomic mass is 10.2. The lowest BCUT2D eigenvalue weighted by Gasteiger charge is -1.93. The number of hydrogen-bond acceptors (Lipinski definition) is 4. The molecule has 0 amide bonds. The van der Waals surface area contributed by atoms with Crippen molar-refractivity contribution in [2.75, 3.05) is 13.1 Å². The lowest BCUT2D eigenvalue weighted by molar-refractivity contribution is 0.558. The molecule has 0 bridgehead atoms. The van der Waals surface area contributed by atoms with Gasteiger partial charge < -0.3 is 0 Å². The van der Waals surface area contributed by atoms with E-state index in [9.17, 15) is 9.59 Å². The van der Waals surface area contributed by atoms with Crippen LogP contribution in [0.5, 0.6) is 0 Å². The zero-order valence-electron chi connectivity index (χ0n) is 12.5. The van der Waals surface area contributed by atoms with Crippen molar-refractivity contribution in [2.24, 2.45) is 9.98 Å². The van der Waals surface area contributed by atoms with Crippen molar-refractivity contribution in [1.29, 1.82) is 0 Å². The highest BCUT2D eigenvalue weighted by Gasteiger charge is 1.87. The van der Waals surface area contributed by atoms with Gasteiger partial charge in [-0.15, -0.1) is 0 Å². The molecule has 0 aromatic carbocycles. The van der Waals surface area contributed by atoms with E-state index in [1.165, 1.54) is 44.3 Å². The van der Waals surface area contributed by atoms with Gasteiger partial charge in [0.05, 0.1) is 13.1 Å². The molecule has 0 aliphatic carbocycles. The first-order chi connectivity index (χ1) is 9.33. The third-order valence-electron chi connectivity index (χ3n) is 2.63. The number of aliphatic imine (C=N–C) groups is 2. The van der Waals surface area contributed by atoms with Crippen LogP contribution >= 0.6 is 0 Å². The molecule has 110 valence electrons. The van der Waals surface area contributed by atoms with E-state index in [4.69, 9.17) is 0 Å². The van der Waals surface area contributed by atoms with Gasteiger partial charge in [-0.25, -0.2) is 19.6 Å². The first-order valence-corrected chi connectivity index (χ1v) is 7.40. The molecule has 0 aliphatic rings. The molecule has 4 heteroatoms. The van der Waals surface area contributed by atoms with Crippen molar-refractivity contribution in [1.82, 2.24) is 0 Å². The summed E-state index contributed by atoms with van der Waals surface area (Å²) in [7, 11) is 0. The van der Waals surface area contributed by atoms with Crippen LogP contribution in [0.15, 0.2) is 9.98 Å². The van der Waals surface area contributed by atoms with Crippen LogP contribution in [0.4, 0.5) is 0 Å². The van der Waals surface area contributed by atoms with Crippen molar-refractivity contribution in [3.63, 3.8) is 0 Å². The van der Waals surface area contributed by atoms with Gasteiger partial charge in [-0.05, 0) is 12.8 Å². The Morgan fingerprint density at radius 2 is 1.00 bits per heavy atom. The molecule has 0 rings (SSSR count). The van der Waals surface area contributed by atoms with Gasteiger partial charge in [0.25, 0.3) is 0 Å². The Kier molecular flexibility index (Phi) is 23.2. The number of nitrogens with zero attached hydrogens (tertiary/aromatic N) is 2. The van der Waals surface area contributed by atoms with Crippen LogP contribution in [0.2, 0.25) is 0 Å². The third kappa shape index (κ3) is 26.4. The van der Waals surface area contributed by atoms with Gasteiger partial charge in [0.15, 0.2) is 0 Å². The predicted molar refractivity (Wildman–Crippen MR) is 78.9 cm³/mol. The summed E-state index contributed by atoms with van der Waals surface area (Å²) in [5.41, 5.74) is 0. The van der Waals surface area contributed by atoms with Crippen molar-refractivity contribution in [3.8, 4) is 0 Å². The van der Waals surface area contributed by atoms with Crippen LogP contribution < -0.4 is 0 Å². The number of carbonyl (C=O) groups excluding carboxylic acids is 2. The molecule has 0 aliphatic heterocycles. The maximum atomic E-state index is 9.63. The van der Waals surface area contributed by atoms with Crippen molar-refractivity contribution in [2.45, 2.75) is 71.6 Å². The van der Waals surface area contributed by atoms with Crippen molar-refractivity contribution < 1.29 is 9.59 Å². The Morgan fingerprint density at radius 1 is 0.632 bits per heavy atom. The second-order valence-corrected chi connectivity index (χ2v) is 4.42. The molecule has 0 fully saturated rings.